The summed E-state index contributed by atoms with van der Waals surface area (Å²) in [6.07, 6.45) is 10.4. The van der Waals surface area contributed by atoms with E-state index in [9.17, 15) is 0 Å². The molecule has 1 saturated heterocycles. The van der Waals surface area contributed by atoms with Crippen LogP contribution in [0.4, 0.5) is 5.95 Å². The number of benzene rings is 1. The molecule has 2 aliphatic rings. The lowest BCUT2D eigenvalue weighted by molar-refractivity contribution is 0.459. The Bertz CT molecular complexity index is 1020. The number of aromatic nitrogens is 3. The number of halogens is 1. The van der Waals surface area contributed by atoms with Crippen molar-refractivity contribution in [3.63, 3.8) is 0 Å². The molecule has 0 atom stereocenters. The molecule has 0 unspecified atom stereocenters. The van der Waals surface area contributed by atoms with Crippen molar-refractivity contribution in [1.82, 2.24) is 20.3 Å². The lowest BCUT2D eigenvalue weighted by atomic mass is 9.96. The summed E-state index contributed by atoms with van der Waals surface area (Å²) in [5.74, 6) is 1.22. The lowest BCUT2D eigenvalue weighted by Crippen LogP contribution is -2.26. The molecule has 1 aliphatic heterocycles. The number of hydrogen-bond donors (Lipinski definition) is 2. The van der Waals surface area contributed by atoms with Crippen molar-refractivity contribution in [2.24, 2.45) is 0 Å². The number of nitrogens with zero attached hydrogens (tertiary/aromatic N) is 3. The molecule has 5 rings (SSSR count). The van der Waals surface area contributed by atoms with Crippen molar-refractivity contribution in [3.05, 3.63) is 46.6 Å². The maximum Gasteiger partial charge on any atom is 0.223 e. The number of nitrogens with one attached hydrogen (secondary N) is 2. The summed E-state index contributed by atoms with van der Waals surface area (Å²) in [6.45, 7) is 2.10. The molecule has 0 amide bonds. The monoisotopic (exact) mass is 453 g/mol. The first-order valence-electron chi connectivity index (χ1n) is 11.3. The second-order valence-corrected chi connectivity index (χ2v) is 9.98. The predicted octanol–water partition coefficient (Wildman–Crippen LogP) is 6.13. The minimum absolute atomic E-state index is 0.475. The first-order chi connectivity index (χ1) is 15.3. The van der Waals surface area contributed by atoms with Gasteiger partial charge in [0.05, 0.1) is 21.3 Å². The normalized spacial score (nSPS) is 18.2. The SMILES string of the molecule is Clc1cccc(-c2nc(C3CCNCC3)sc2-c2ccnc(NC3CCCCC3)n2)c1. The van der Waals surface area contributed by atoms with Crippen LogP contribution in [0.2, 0.25) is 5.02 Å². The van der Waals surface area contributed by atoms with Crippen LogP contribution in [0, 0.1) is 0 Å². The highest BCUT2D eigenvalue weighted by molar-refractivity contribution is 7.15. The minimum Gasteiger partial charge on any atom is -0.351 e. The number of thiazole rings is 1. The number of piperidine rings is 1. The van der Waals surface area contributed by atoms with E-state index in [-0.39, 0.29) is 0 Å². The van der Waals surface area contributed by atoms with Crippen LogP contribution in [0.3, 0.4) is 0 Å². The Morgan fingerprint density at radius 2 is 1.84 bits per heavy atom. The molecule has 0 spiro atoms. The molecule has 7 heteroatoms. The highest BCUT2D eigenvalue weighted by Crippen LogP contribution is 2.41. The summed E-state index contributed by atoms with van der Waals surface area (Å²) in [5, 5.41) is 8.94. The topological polar surface area (TPSA) is 62.7 Å². The Kier molecular flexibility index (Phi) is 6.48. The van der Waals surface area contributed by atoms with Crippen LogP contribution in [0.1, 0.15) is 55.9 Å². The van der Waals surface area contributed by atoms with Crippen molar-refractivity contribution >= 4 is 28.9 Å². The van der Waals surface area contributed by atoms with Crippen molar-refractivity contribution in [3.8, 4) is 21.8 Å². The van der Waals surface area contributed by atoms with E-state index < -0.39 is 0 Å². The van der Waals surface area contributed by atoms with Crippen molar-refractivity contribution in [1.29, 1.82) is 0 Å². The molecular formula is C24H28ClN5S. The van der Waals surface area contributed by atoms with Crippen LogP contribution in [0.15, 0.2) is 36.5 Å². The van der Waals surface area contributed by atoms with E-state index in [1.807, 2.05) is 30.5 Å². The fraction of sp³-hybridized carbons (Fsp3) is 0.458. The van der Waals surface area contributed by atoms with Gasteiger partial charge in [0, 0.05) is 28.7 Å². The molecule has 3 heterocycles. The standard InChI is InChI=1S/C24H28ClN5S/c25-18-6-4-5-17(15-18)21-22(31-23(30-21)16-9-12-26-13-10-16)20-11-14-27-24(29-20)28-19-7-2-1-3-8-19/h4-6,11,14-16,19,26H,1-3,7-10,12-13H2,(H,27,28,29). The number of rotatable bonds is 5. The van der Waals surface area contributed by atoms with Gasteiger partial charge in [-0.2, -0.15) is 0 Å². The van der Waals surface area contributed by atoms with E-state index in [0.29, 0.717) is 12.0 Å². The predicted molar refractivity (Wildman–Crippen MR) is 129 cm³/mol. The van der Waals surface area contributed by atoms with Gasteiger partial charge < -0.3 is 10.6 Å². The fourth-order valence-electron chi connectivity index (χ4n) is 4.57. The van der Waals surface area contributed by atoms with E-state index in [0.717, 1.165) is 58.7 Å². The van der Waals surface area contributed by atoms with E-state index in [4.69, 9.17) is 21.6 Å². The third kappa shape index (κ3) is 4.92. The number of hydrogen-bond acceptors (Lipinski definition) is 6. The maximum atomic E-state index is 6.31. The smallest absolute Gasteiger partial charge is 0.223 e. The van der Waals surface area contributed by atoms with E-state index >= 15 is 0 Å². The molecule has 162 valence electrons. The Hall–Kier alpha value is -2.02. The Labute approximate surface area is 192 Å². The molecule has 5 nitrogen and oxygen atoms in total. The van der Waals surface area contributed by atoms with Gasteiger partial charge in [-0.1, -0.05) is 43.0 Å². The van der Waals surface area contributed by atoms with E-state index in [1.165, 1.54) is 37.1 Å². The molecular weight excluding hydrogens is 426 g/mol. The quantitative estimate of drug-likeness (QED) is 0.486. The maximum absolute atomic E-state index is 6.31. The molecule has 1 aromatic carbocycles. The summed E-state index contributed by atoms with van der Waals surface area (Å²) >= 11 is 8.09. The van der Waals surface area contributed by atoms with E-state index in [2.05, 4.69) is 21.7 Å². The van der Waals surface area contributed by atoms with Gasteiger partial charge in [-0.25, -0.2) is 15.0 Å². The molecule has 31 heavy (non-hydrogen) atoms. The summed E-state index contributed by atoms with van der Waals surface area (Å²) in [6, 6.07) is 10.4. The third-order valence-electron chi connectivity index (χ3n) is 6.26. The zero-order valence-corrected chi connectivity index (χ0v) is 19.2. The second kappa shape index (κ2) is 9.63. The van der Waals surface area contributed by atoms with E-state index in [1.54, 1.807) is 11.3 Å². The van der Waals surface area contributed by atoms with Crippen LogP contribution in [-0.4, -0.2) is 34.1 Å². The molecule has 0 bridgehead atoms. The first kappa shape index (κ1) is 20.9. The number of anilines is 1. The van der Waals surface area contributed by atoms with Crippen LogP contribution < -0.4 is 10.6 Å². The van der Waals surface area contributed by atoms with Gasteiger partial charge in [0.2, 0.25) is 5.95 Å². The van der Waals surface area contributed by atoms with Gasteiger partial charge in [0.25, 0.3) is 0 Å². The molecule has 2 fully saturated rings. The summed E-state index contributed by atoms with van der Waals surface area (Å²) < 4.78 is 0. The van der Waals surface area contributed by atoms with Crippen molar-refractivity contribution < 1.29 is 0 Å². The third-order valence-corrected chi connectivity index (χ3v) is 7.73. The Balaban J connectivity index is 1.51. The average Bonchev–Trinajstić information content (AvgIpc) is 3.26. The first-order valence-corrected chi connectivity index (χ1v) is 12.5. The van der Waals surface area contributed by atoms with Crippen molar-refractivity contribution in [2.45, 2.75) is 56.9 Å². The molecule has 2 N–H and O–H groups in total. The average molecular weight is 454 g/mol. The molecule has 2 aromatic heterocycles. The fourth-order valence-corrected chi connectivity index (χ4v) is 5.99. The van der Waals surface area contributed by atoms with Crippen LogP contribution in [0.25, 0.3) is 21.8 Å². The molecule has 3 aromatic rings. The van der Waals surface area contributed by atoms with Gasteiger partial charge in [-0.15, -0.1) is 11.3 Å². The summed E-state index contributed by atoms with van der Waals surface area (Å²) in [7, 11) is 0. The largest absolute Gasteiger partial charge is 0.351 e. The van der Waals surface area contributed by atoms with Crippen LogP contribution in [-0.2, 0) is 0 Å². The van der Waals surface area contributed by atoms with Gasteiger partial charge in [-0.3, -0.25) is 0 Å². The zero-order valence-electron chi connectivity index (χ0n) is 17.6. The highest BCUT2D eigenvalue weighted by atomic mass is 35.5. The Morgan fingerprint density at radius 3 is 2.65 bits per heavy atom. The van der Waals surface area contributed by atoms with Crippen LogP contribution in [0.5, 0.6) is 0 Å². The molecule has 0 radical (unpaired) electrons. The lowest BCUT2D eigenvalue weighted by Gasteiger charge is -2.22. The van der Waals surface area contributed by atoms with Gasteiger partial charge >= 0.3 is 0 Å². The summed E-state index contributed by atoms with van der Waals surface area (Å²) in [4.78, 5) is 15.6. The second-order valence-electron chi connectivity index (χ2n) is 8.51. The molecule has 1 saturated carbocycles. The Morgan fingerprint density at radius 1 is 1.00 bits per heavy atom. The minimum atomic E-state index is 0.475. The zero-order chi connectivity index (χ0) is 21.0. The van der Waals surface area contributed by atoms with Crippen LogP contribution >= 0.6 is 22.9 Å². The highest BCUT2D eigenvalue weighted by Gasteiger charge is 2.24. The summed E-state index contributed by atoms with van der Waals surface area (Å²) in [5.41, 5.74) is 2.95. The van der Waals surface area contributed by atoms with Gasteiger partial charge in [-0.05, 0) is 57.0 Å². The van der Waals surface area contributed by atoms with Crippen molar-refractivity contribution in [2.75, 3.05) is 18.4 Å². The van der Waals surface area contributed by atoms with Gasteiger partial charge in [0.15, 0.2) is 0 Å². The molecule has 1 aliphatic carbocycles. The van der Waals surface area contributed by atoms with Gasteiger partial charge in [0.1, 0.15) is 0 Å².